The van der Waals surface area contributed by atoms with Crippen LogP contribution in [-0.2, 0) is 4.79 Å². The Balaban J connectivity index is 3.18. The van der Waals surface area contributed by atoms with Gasteiger partial charge in [-0.3, -0.25) is 4.79 Å². The number of allylic oxidation sites excluding steroid dienone is 1. The lowest BCUT2D eigenvalue weighted by molar-refractivity contribution is -0.121. The molecule has 17 heavy (non-hydrogen) atoms. The van der Waals surface area contributed by atoms with Crippen molar-refractivity contribution in [2.45, 2.75) is 78.1 Å². The van der Waals surface area contributed by atoms with Crippen LogP contribution in [0.2, 0.25) is 0 Å². The summed E-state index contributed by atoms with van der Waals surface area (Å²) >= 11 is 0. The van der Waals surface area contributed by atoms with E-state index in [1.165, 1.54) is 51.4 Å². The zero-order valence-electron chi connectivity index (χ0n) is 11.8. The molecule has 1 heteroatoms. The molecule has 0 rings (SSSR count). The second kappa shape index (κ2) is 11.9. The SMILES string of the molecule is C=CC(C)C(=O)CCCCCCCCCCC. The van der Waals surface area contributed by atoms with Crippen LogP contribution in [0.4, 0.5) is 0 Å². The highest BCUT2D eigenvalue weighted by Gasteiger charge is 2.07. The highest BCUT2D eigenvalue weighted by atomic mass is 16.1. The largest absolute Gasteiger partial charge is 0.299 e. The molecule has 1 unspecified atom stereocenters. The van der Waals surface area contributed by atoms with Crippen LogP contribution in [0.15, 0.2) is 12.7 Å². The number of hydrogen-bond acceptors (Lipinski definition) is 1. The lowest BCUT2D eigenvalue weighted by atomic mass is 10.00. The molecule has 0 saturated carbocycles. The van der Waals surface area contributed by atoms with Crippen molar-refractivity contribution in [2.24, 2.45) is 5.92 Å². The van der Waals surface area contributed by atoms with Crippen molar-refractivity contribution in [3.63, 3.8) is 0 Å². The van der Waals surface area contributed by atoms with Crippen molar-refractivity contribution >= 4 is 5.78 Å². The van der Waals surface area contributed by atoms with Crippen LogP contribution in [0.3, 0.4) is 0 Å². The Kier molecular flexibility index (Phi) is 11.5. The summed E-state index contributed by atoms with van der Waals surface area (Å²) in [4.78, 5) is 11.5. The topological polar surface area (TPSA) is 17.1 Å². The quantitative estimate of drug-likeness (QED) is 0.333. The summed E-state index contributed by atoms with van der Waals surface area (Å²) in [6.07, 6.45) is 14.3. The number of Topliss-reactive ketones (excluding diaryl/α,β-unsaturated/α-hetero) is 1. The van der Waals surface area contributed by atoms with E-state index in [9.17, 15) is 4.79 Å². The van der Waals surface area contributed by atoms with E-state index in [1.807, 2.05) is 6.92 Å². The van der Waals surface area contributed by atoms with Crippen LogP contribution in [-0.4, -0.2) is 5.78 Å². The van der Waals surface area contributed by atoms with Gasteiger partial charge in [0, 0.05) is 12.3 Å². The molecule has 0 aliphatic heterocycles. The van der Waals surface area contributed by atoms with Gasteiger partial charge in [0.1, 0.15) is 5.78 Å². The molecular weight excluding hydrogens is 208 g/mol. The molecule has 0 N–H and O–H groups in total. The molecular formula is C16H30O. The van der Waals surface area contributed by atoms with E-state index in [1.54, 1.807) is 6.08 Å². The second-order valence-corrected chi connectivity index (χ2v) is 5.07. The number of unbranched alkanes of at least 4 members (excludes halogenated alkanes) is 8. The van der Waals surface area contributed by atoms with Gasteiger partial charge in [-0.15, -0.1) is 6.58 Å². The van der Waals surface area contributed by atoms with E-state index in [0.717, 1.165) is 12.8 Å². The van der Waals surface area contributed by atoms with Gasteiger partial charge in [0.2, 0.25) is 0 Å². The third-order valence-electron chi connectivity index (χ3n) is 3.39. The van der Waals surface area contributed by atoms with Gasteiger partial charge in [-0.1, -0.05) is 71.3 Å². The minimum atomic E-state index is 0.0454. The van der Waals surface area contributed by atoms with Gasteiger partial charge in [-0.05, 0) is 6.42 Å². The van der Waals surface area contributed by atoms with Gasteiger partial charge in [0.05, 0.1) is 0 Å². The predicted molar refractivity (Wildman–Crippen MR) is 76.2 cm³/mol. The fourth-order valence-electron chi connectivity index (χ4n) is 1.97. The van der Waals surface area contributed by atoms with E-state index in [4.69, 9.17) is 0 Å². The Morgan fingerprint density at radius 1 is 1.00 bits per heavy atom. The highest BCUT2D eigenvalue weighted by Crippen LogP contribution is 2.12. The summed E-state index contributed by atoms with van der Waals surface area (Å²) < 4.78 is 0. The highest BCUT2D eigenvalue weighted by molar-refractivity contribution is 5.82. The van der Waals surface area contributed by atoms with Crippen LogP contribution in [0.5, 0.6) is 0 Å². The van der Waals surface area contributed by atoms with E-state index in [-0.39, 0.29) is 5.92 Å². The number of hydrogen-bond donors (Lipinski definition) is 0. The first-order valence-corrected chi connectivity index (χ1v) is 7.37. The minimum Gasteiger partial charge on any atom is -0.299 e. The first kappa shape index (κ1) is 16.4. The van der Waals surface area contributed by atoms with Crippen LogP contribution in [0.1, 0.15) is 78.1 Å². The molecule has 0 amide bonds. The zero-order valence-corrected chi connectivity index (χ0v) is 11.8. The summed E-state index contributed by atoms with van der Waals surface area (Å²) in [5.74, 6) is 0.395. The fourth-order valence-corrected chi connectivity index (χ4v) is 1.97. The molecule has 100 valence electrons. The van der Waals surface area contributed by atoms with Crippen molar-refractivity contribution in [3.8, 4) is 0 Å². The number of carbonyl (C=O) groups is 1. The Labute approximate surface area is 108 Å². The van der Waals surface area contributed by atoms with Crippen LogP contribution < -0.4 is 0 Å². The molecule has 0 heterocycles. The minimum absolute atomic E-state index is 0.0454. The summed E-state index contributed by atoms with van der Waals surface area (Å²) in [5.41, 5.74) is 0. The molecule has 0 saturated heterocycles. The summed E-state index contributed by atoms with van der Waals surface area (Å²) in [6, 6.07) is 0. The molecule has 0 radical (unpaired) electrons. The van der Waals surface area contributed by atoms with Crippen LogP contribution in [0, 0.1) is 5.92 Å². The third kappa shape index (κ3) is 10.3. The lowest BCUT2D eigenvalue weighted by Gasteiger charge is -2.04. The first-order valence-electron chi connectivity index (χ1n) is 7.37. The standard InChI is InChI=1S/C16H30O/c1-4-6-7-8-9-10-11-12-13-14-16(17)15(3)5-2/h5,15H,2,4,6-14H2,1,3H3. The van der Waals surface area contributed by atoms with Gasteiger partial charge in [-0.25, -0.2) is 0 Å². The van der Waals surface area contributed by atoms with Gasteiger partial charge in [0.25, 0.3) is 0 Å². The molecule has 1 atom stereocenters. The Morgan fingerprint density at radius 3 is 1.94 bits per heavy atom. The second-order valence-electron chi connectivity index (χ2n) is 5.07. The monoisotopic (exact) mass is 238 g/mol. The molecule has 0 aliphatic rings. The Bertz CT molecular complexity index is 196. The molecule has 1 nitrogen and oxygen atoms in total. The molecule has 0 aliphatic carbocycles. The fraction of sp³-hybridized carbons (Fsp3) is 0.812. The van der Waals surface area contributed by atoms with Crippen molar-refractivity contribution in [3.05, 3.63) is 12.7 Å². The number of carbonyl (C=O) groups excluding carboxylic acids is 1. The normalized spacial score (nSPS) is 12.4. The molecule has 0 aromatic heterocycles. The zero-order chi connectivity index (χ0) is 12.9. The molecule has 0 aromatic rings. The molecule has 0 aromatic carbocycles. The summed E-state index contributed by atoms with van der Waals surface area (Å²) in [7, 11) is 0. The Morgan fingerprint density at radius 2 is 1.47 bits per heavy atom. The maximum atomic E-state index is 11.5. The molecule has 0 bridgehead atoms. The number of ketones is 1. The van der Waals surface area contributed by atoms with Crippen LogP contribution >= 0.6 is 0 Å². The third-order valence-corrected chi connectivity index (χ3v) is 3.39. The number of rotatable bonds is 12. The van der Waals surface area contributed by atoms with Crippen molar-refractivity contribution in [1.29, 1.82) is 0 Å². The van der Waals surface area contributed by atoms with E-state index >= 15 is 0 Å². The maximum absolute atomic E-state index is 11.5. The van der Waals surface area contributed by atoms with Crippen molar-refractivity contribution in [2.75, 3.05) is 0 Å². The van der Waals surface area contributed by atoms with E-state index in [0.29, 0.717) is 5.78 Å². The molecule has 0 fully saturated rings. The predicted octanol–water partition coefficient (Wildman–Crippen LogP) is 5.30. The first-order chi connectivity index (χ1) is 8.22. The van der Waals surface area contributed by atoms with Gasteiger partial charge >= 0.3 is 0 Å². The van der Waals surface area contributed by atoms with Crippen molar-refractivity contribution < 1.29 is 4.79 Å². The van der Waals surface area contributed by atoms with Gasteiger partial charge in [-0.2, -0.15) is 0 Å². The average molecular weight is 238 g/mol. The van der Waals surface area contributed by atoms with Gasteiger partial charge in [0.15, 0.2) is 0 Å². The lowest BCUT2D eigenvalue weighted by Crippen LogP contribution is -2.07. The van der Waals surface area contributed by atoms with Gasteiger partial charge < -0.3 is 0 Å². The Hall–Kier alpha value is -0.590. The van der Waals surface area contributed by atoms with Crippen LogP contribution in [0.25, 0.3) is 0 Å². The maximum Gasteiger partial charge on any atom is 0.139 e. The molecule has 0 spiro atoms. The summed E-state index contributed by atoms with van der Waals surface area (Å²) in [5, 5.41) is 0. The van der Waals surface area contributed by atoms with E-state index in [2.05, 4.69) is 13.5 Å². The smallest absolute Gasteiger partial charge is 0.139 e. The van der Waals surface area contributed by atoms with Crippen molar-refractivity contribution in [1.82, 2.24) is 0 Å². The summed E-state index contributed by atoms with van der Waals surface area (Å²) in [6.45, 7) is 7.84. The average Bonchev–Trinajstić information content (AvgIpc) is 2.35. The van der Waals surface area contributed by atoms with E-state index < -0.39 is 0 Å².